The maximum Gasteiger partial charge on any atom is 0.322 e. The fourth-order valence-electron chi connectivity index (χ4n) is 2.63. The first-order chi connectivity index (χ1) is 9.31. The molecule has 0 aromatic heterocycles. The van der Waals surface area contributed by atoms with E-state index in [0.29, 0.717) is 11.6 Å². The zero-order valence-corrected chi connectivity index (χ0v) is 12.2. The Labute approximate surface area is 122 Å². The number of hydrogen-bond acceptors (Lipinski definition) is 3. The molecule has 1 aliphatic heterocycles. The van der Waals surface area contributed by atoms with Crippen LogP contribution in [0.15, 0.2) is 18.2 Å². The Balaban J connectivity index is 2.15. The second-order valence-electron chi connectivity index (χ2n) is 5.54. The number of amides is 1. The van der Waals surface area contributed by atoms with Crippen molar-refractivity contribution >= 4 is 29.2 Å². The number of nitrogens with one attached hydrogen (secondary N) is 1. The van der Waals surface area contributed by atoms with Crippen LogP contribution in [0.25, 0.3) is 0 Å². The van der Waals surface area contributed by atoms with Crippen LogP contribution in [0.4, 0.5) is 5.69 Å². The summed E-state index contributed by atoms with van der Waals surface area (Å²) in [5, 5.41) is 11.6. The lowest BCUT2D eigenvalue weighted by Gasteiger charge is -2.21. The van der Waals surface area contributed by atoms with Crippen LogP contribution in [0.3, 0.4) is 0 Å². The number of fused-ring (bicyclic) bond motifs is 1. The van der Waals surface area contributed by atoms with Crippen molar-refractivity contribution in [2.75, 3.05) is 24.5 Å². The van der Waals surface area contributed by atoms with Crippen molar-refractivity contribution in [1.82, 2.24) is 5.32 Å². The molecule has 0 radical (unpaired) electrons. The first-order valence-electron chi connectivity index (χ1n) is 6.34. The number of hydrogen-bond donors (Lipinski definition) is 2. The summed E-state index contributed by atoms with van der Waals surface area (Å²) in [5.74, 6) is -1.36. The average Bonchev–Trinajstić information content (AvgIpc) is 2.59. The van der Waals surface area contributed by atoms with Crippen LogP contribution >= 0.6 is 11.6 Å². The molecule has 0 saturated carbocycles. The number of carboxylic acid groups (broad SMARTS) is 1. The maximum atomic E-state index is 11.8. The molecule has 0 fully saturated rings. The molecule has 108 valence electrons. The largest absolute Gasteiger partial charge is 0.480 e. The summed E-state index contributed by atoms with van der Waals surface area (Å²) in [6.07, 6.45) is 0. The van der Waals surface area contributed by atoms with Crippen LogP contribution in [0.1, 0.15) is 19.4 Å². The van der Waals surface area contributed by atoms with E-state index in [2.05, 4.69) is 19.2 Å². The smallest absolute Gasteiger partial charge is 0.322 e. The summed E-state index contributed by atoms with van der Waals surface area (Å²) in [4.78, 5) is 24.1. The minimum absolute atomic E-state index is 0.129. The topological polar surface area (TPSA) is 69.6 Å². The molecule has 1 heterocycles. The lowest BCUT2D eigenvalue weighted by Crippen LogP contribution is -2.40. The molecule has 0 spiro atoms. The fraction of sp³-hybridized carbons (Fsp3) is 0.429. The van der Waals surface area contributed by atoms with E-state index in [0.717, 1.165) is 11.3 Å². The number of carboxylic acids is 1. The normalized spacial score (nSPS) is 15.8. The zero-order chi connectivity index (χ0) is 14.9. The van der Waals surface area contributed by atoms with E-state index >= 15 is 0 Å². The Morgan fingerprint density at radius 1 is 1.45 bits per heavy atom. The molecule has 0 saturated heterocycles. The third-order valence-electron chi connectivity index (χ3n) is 3.37. The molecule has 1 aliphatic rings. The van der Waals surface area contributed by atoms with Crippen molar-refractivity contribution < 1.29 is 14.7 Å². The van der Waals surface area contributed by atoms with Gasteiger partial charge in [-0.15, -0.1) is 0 Å². The number of halogens is 1. The first kappa shape index (κ1) is 14.7. The molecule has 0 unspecified atom stereocenters. The number of carbonyl (C=O) groups is 2. The van der Waals surface area contributed by atoms with E-state index in [1.165, 1.54) is 0 Å². The molecule has 0 atom stereocenters. The van der Waals surface area contributed by atoms with Crippen LogP contribution in [-0.2, 0) is 15.0 Å². The molecule has 6 heteroatoms. The molecule has 1 aromatic carbocycles. The minimum atomic E-state index is -1.05. The van der Waals surface area contributed by atoms with Gasteiger partial charge in [0.25, 0.3) is 0 Å². The van der Waals surface area contributed by atoms with Gasteiger partial charge in [0, 0.05) is 28.2 Å². The zero-order valence-electron chi connectivity index (χ0n) is 11.4. The van der Waals surface area contributed by atoms with Gasteiger partial charge in [0.15, 0.2) is 0 Å². The summed E-state index contributed by atoms with van der Waals surface area (Å²) in [6.45, 7) is 4.59. The highest BCUT2D eigenvalue weighted by atomic mass is 35.5. The van der Waals surface area contributed by atoms with Gasteiger partial charge in [-0.1, -0.05) is 31.5 Å². The van der Waals surface area contributed by atoms with Gasteiger partial charge in [0.2, 0.25) is 5.91 Å². The summed E-state index contributed by atoms with van der Waals surface area (Å²) in [6, 6.07) is 5.63. The Morgan fingerprint density at radius 2 is 2.15 bits per heavy atom. The van der Waals surface area contributed by atoms with E-state index < -0.39 is 5.97 Å². The average molecular weight is 297 g/mol. The second-order valence-corrected chi connectivity index (χ2v) is 5.95. The number of rotatable bonds is 4. The summed E-state index contributed by atoms with van der Waals surface area (Å²) < 4.78 is 0. The van der Waals surface area contributed by atoms with E-state index in [1.54, 1.807) is 0 Å². The van der Waals surface area contributed by atoms with E-state index in [1.807, 2.05) is 23.1 Å². The van der Waals surface area contributed by atoms with E-state index in [4.69, 9.17) is 16.7 Å². The number of aliphatic carboxylic acids is 1. The van der Waals surface area contributed by atoms with Gasteiger partial charge in [-0.25, -0.2) is 0 Å². The molecule has 2 N–H and O–H groups in total. The molecule has 0 bridgehead atoms. The van der Waals surface area contributed by atoms with Crippen LogP contribution in [0.5, 0.6) is 0 Å². The molecule has 1 amide bonds. The SMILES string of the molecule is CC1(C)CN(CC(=O)NCC(=O)O)c2cccc(Cl)c21. The van der Waals surface area contributed by atoms with Crippen molar-refractivity contribution in [2.45, 2.75) is 19.3 Å². The van der Waals surface area contributed by atoms with Crippen LogP contribution < -0.4 is 10.2 Å². The summed E-state index contributed by atoms with van der Waals surface area (Å²) >= 11 is 6.25. The Bertz CT molecular complexity index is 557. The molecular formula is C14H17ClN2O3. The molecule has 2 rings (SSSR count). The van der Waals surface area contributed by atoms with Crippen LogP contribution in [-0.4, -0.2) is 36.6 Å². The van der Waals surface area contributed by atoms with Crippen molar-refractivity contribution in [3.63, 3.8) is 0 Å². The van der Waals surface area contributed by atoms with E-state index in [9.17, 15) is 9.59 Å². The highest BCUT2D eigenvalue weighted by Crippen LogP contribution is 2.43. The van der Waals surface area contributed by atoms with Crippen LogP contribution in [0, 0.1) is 0 Å². The Hall–Kier alpha value is -1.75. The van der Waals surface area contributed by atoms with Crippen LogP contribution in [0.2, 0.25) is 5.02 Å². The lowest BCUT2D eigenvalue weighted by molar-refractivity contribution is -0.137. The fourth-order valence-corrected chi connectivity index (χ4v) is 3.06. The number of carbonyl (C=O) groups excluding carboxylic acids is 1. The summed E-state index contributed by atoms with van der Waals surface area (Å²) in [5.41, 5.74) is 1.83. The van der Waals surface area contributed by atoms with E-state index in [-0.39, 0.29) is 24.4 Å². The third kappa shape index (κ3) is 2.88. The Kier molecular flexibility index (Phi) is 3.90. The molecule has 5 nitrogen and oxygen atoms in total. The molecule has 1 aromatic rings. The highest BCUT2D eigenvalue weighted by Gasteiger charge is 2.37. The van der Waals surface area contributed by atoms with Gasteiger partial charge < -0.3 is 15.3 Å². The first-order valence-corrected chi connectivity index (χ1v) is 6.71. The molecule has 20 heavy (non-hydrogen) atoms. The summed E-state index contributed by atoms with van der Waals surface area (Å²) in [7, 11) is 0. The monoisotopic (exact) mass is 296 g/mol. The van der Waals surface area contributed by atoms with Crippen molar-refractivity contribution in [3.05, 3.63) is 28.8 Å². The van der Waals surface area contributed by atoms with Gasteiger partial charge in [0.1, 0.15) is 6.54 Å². The lowest BCUT2D eigenvalue weighted by atomic mass is 9.87. The molecular weight excluding hydrogens is 280 g/mol. The van der Waals surface area contributed by atoms with Gasteiger partial charge in [0.05, 0.1) is 6.54 Å². The predicted molar refractivity (Wildman–Crippen MR) is 77.3 cm³/mol. The quantitative estimate of drug-likeness (QED) is 0.886. The van der Waals surface area contributed by atoms with Gasteiger partial charge in [-0.3, -0.25) is 9.59 Å². The number of nitrogens with zero attached hydrogens (tertiary/aromatic N) is 1. The van der Waals surface area contributed by atoms with Gasteiger partial charge in [-0.05, 0) is 12.1 Å². The van der Waals surface area contributed by atoms with Gasteiger partial charge in [-0.2, -0.15) is 0 Å². The minimum Gasteiger partial charge on any atom is -0.480 e. The van der Waals surface area contributed by atoms with Crippen molar-refractivity contribution in [3.8, 4) is 0 Å². The Morgan fingerprint density at radius 3 is 2.80 bits per heavy atom. The number of anilines is 1. The predicted octanol–water partition coefficient (Wildman–Crippen LogP) is 1.64. The molecule has 0 aliphatic carbocycles. The van der Waals surface area contributed by atoms with Crippen molar-refractivity contribution in [1.29, 1.82) is 0 Å². The number of benzene rings is 1. The van der Waals surface area contributed by atoms with Crippen molar-refractivity contribution in [2.24, 2.45) is 0 Å². The maximum absolute atomic E-state index is 11.8. The third-order valence-corrected chi connectivity index (χ3v) is 3.68. The second kappa shape index (κ2) is 5.32. The standard InChI is InChI=1S/C14H17ClN2O3/c1-14(2)8-17(7-11(18)16-6-12(19)20)10-5-3-4-9(15)13(10)14/h3-5H,6-8H2,1-2H3,(H,16,18)(H,19,20). The van der Waals surface area contributed by atoms with Gasteiger partial charge >= 0.3 is 5.97 Å². The highest BCUT2D eigenvalue weighted by molar-refractivity contribution is 6.32.